The molecule has 0 fully saturated rings. The van der Waals surface area contributed by atoms with Crippen LogP contribution in [0.15, 0.2) is 34.2 Å². The number of carbonyl (C=O) groups is 1. The predicted molar refractivity (Wildman–Crippen MR) is 104 cm³/mol. The van der Waals surface area contributed by atoms with Crippen LogP contribution in [0.4, 0.5) is 0 Å². The summed E-state index contributed by atoms with van der Waals surface area (Å²) in [7, 11) is 0. The summed E-state index contributed by atoms with van der Waals surface area (Å²) in [6.07, 6.45) is 1.79. The minimum atomic E-state index is -0.0314. The molecule has 0 saturated heterocycles. The highest BCUT2D eigenvalue weighted by atomic mass is 32.2. The molecule has 5 nitrogen and oxygen atoms in total. The van der Waals surface area contributed by atoms with Gasteiger partial charge in [-0.1, -0.05) is 44.7 Å². The first kappa shape index (κ1) is 19.5. The number of para-hydroxylation sites is 1. The number of nitrogens with zero attached hydrogens (tertiary/aromatic N) is 2. The van der Waals surface area contributed by atoms with Crippen LogP contribution in [0.25, 0.3) is 10.9 Å². The van der Waals surface area contributed by atoms with Gasteiger partial charge in [-0.25, -0.2) is 4.98 Å². The van der Waals surface area contributed by atoms with Gasteiger partial charge in [-0.15, -0.1) is 0 Å². The first-order chi connectivity index (χ1) is 11.9. The average Bonchev–Trinajstić information content (AvgIpc) is 2.59. The maximum absolute atomic E-state index is 12.8. The number of amides is 1. The van der Waals surface area contributed by atoms with Crippen molar-refractivity contribution in [3.8, 4) is 0 Å². The van der Waals surface area contributed by atoms with Crippen molar-refractivity contribution in [1.82, 2.24) is 14.9 Å². The number of hydrogen-bond donors (Lipinski definition) is 1. The van der Waals surface area contributed by atoms with E-state index in [-0.39, 0.29) is 23.3 Å². The van der Waals surface area contributed by atoms with Crippen molar-refractivity contribution in [2.45, 2.75) is 58.3 Å². The number of nitrogens with one attached hydrogen (secondary N) is 1. The van der Waals surface area contributed by atoms with Gasteiger partial charge in [0.1, 0.15) is 0 Å². The fourth-order valence-corrected chi connectivity index (χ4v) is 3.23. The Morgan fingerprint density at radius 3 is 2.68 bits per heavy atom. The van der Waals surface area contributed by atoms with Crippen LogP contribution in [0.5, 0.6) is 0 Å². The molecule has 0 aliphatic carbocycles. The van der Waals surface area contributed by atoms with E-state index in [4.69, 9.17) is 0 Å². The summed E-state index contributed by atoms with van der Waals surface area (Å²) in [5.41, 5.74) is 0.647. The predicted octanol–water partition coefficient (Wildman–Crippen LogP) is 3.45. The summed E-state index contributed by atoms with van der Waals surface area (Å²) in [5, 5.41) is 4.19. The molecule has 1 heterocycles. The van der Waals surface area contributed by atoms with Crippen molar-refractivity contribution in [3.63, 3.8) is 0 Å². The molecule has 1 N–H and O–H groups in total. The number of benzene rings is 1. The SMILES string of the molecule is CC[C@@H](C)NC(=O)CSc1nc2ccccc2c(=O)n1CCC(C)C. The molecule has 0 aliphatic rings. The minimum absolute atomic E-state index is 0.0304. The number of hydrogen-bond acceptors (Lipinski definition) is 4. The lowest BCUT2D eigenvalue weighted by atomic mass is 10.1. The van der Waals surface area contributed by atoms with Gasteiger partial charge in [0.05, 0.1) is 16.7 Å². The number of thioether (sulfide) groups is 1. The van der Waals surface area contributed by atoms with Crippen molar-refractivity contribution in [3.05, 3.63) is 34.6 Å². The lowest BCUT2D eigenvalue weighted by Gasteiger charge is -2.15. The van der Waals surface area contributed by atoms with Crippen LogP contribution < -0.4 is 10.9 Å². The average molecular weight is 362 g/mol. The van der Waals surface area contributed by atoms with Crippen molar-refractivity contribution in [1.29, 1.82) is 0 Å². The smallest absolute Gasteiger partial charge is 0.262 e. The van der Waals surface area contributed by atoms with Crippen molar-refractivity contribution in [2.24, 2.45) is 5.92 Å². The van der Waals surface area contributed by atoms with E-state index >= 15 is 0 Å². The van der Waals surface area contributed by atoms with Gasteiger partial charge in [0.25, 0.3) is 5.56 Å². The summed E-state index contributed by atoms with van der Waals surface area (Å²) in [5.74, 6) is 0.721. The second-order valence-electron chi connectivity index (χ2n) is 6.72. The summed E-state index contributed by atoms with van der Waals surface area (Å²) >= 11 is 1.33. The Bertz CT molecular complexity index is 786. The summed E-state index contributed by atoms with van der Waals surface area (Å²) in [6.45, 7) is 8.89. The quantitative estimate of drug-likeness (QED) is 0.578. The van der Waals surface area contributed by atoms with Gasteiger partial charge in [0, 0.05) is 12.6 Å². The molecular formula is C19H27N3O2S. The second-order valence-corrected chi connectivity index (χ2v) is 7.66. The van der Waals surface area contributed by atoms with Crippen LogP contribution in [-0.4, -0.2) is 27.3 Å². The highest BCUT2D eigenvalue weighted by Crippen LogP contribution is 2.18. The highest BCUT2D eigenvalue weighted by Gasteiger charge is 2.14. The Balaban J connectivity index is 2.28. The zero-order valence-corrected chi connectivity index (χ0v) is 16.2. The van der Waals surface area contributed by atoms with E-state index in [1.807, 2.05) is 32.0 Å². The molecule has 0 aliphatic heterocycles. The molecule has 0 spiro atoms. The van der Waals surface area contributed by atoms with Gasteiger partial charge in [0.2, 0.25) is 5.91 Å². The monoisotopic (exact) mass is 361 g/mol. The molecule has 0 saturated carbocycles. The molecule has 1 aromatic heterocycles. The zero-order chi connectivity index (χ0) is 18.4. The number of rotatable bonds is 8. The molecule has 1 amide bonds. The Morgan fingerprint density at radius 1 is 1.28 bits per heavy atom. The van der Waals surface area contributed by atoms with Crippen LogP contribution >= 0.6 is 11.8 Å². The Labute approximate surface area is 153 Å². The van der Waals surface area contributed by atoms with Crippen LogP contribution in [0, 0.1) is 5.92 Å². The van der Waals surface area contributed by atoms with Gasteiger partial charge < -0.3 is 5.32 Å². The van der Waals surface area contributed by atoms with Gasteiger partial charge in [-0.2, -0.15) is 0 Å². The molecule has 1 atom stereocenters. The molecule has 0 unspecified atom stereocenters. The second kappa shape index (κ2) is 9.04. The van der Waals surface area contributed by atoms with Crippen molar-refractivity contribution >= 4 is 28.6 Å². The largest absolute Gasteiger partial charge is 0.353 e. The number of carbonyl (C=O) groups excluding carboxylic acids is 1. The molecule has 0 radical (unpaired) electrons. The Morgan fingerprint density at radius 2 is 2.00 bits per heavy atom. The van der Waals surface area contributed by atoms with Crippen LogP contribution in [0.1, 0.15) is 40.5 Å². The Hall–Kier alpha value is -1.82. The zero-order valence-electron chi connectivity index (χ0n) is 15.4. The van der Waals surface area contributed by atoms with E-state index in [9.17, 15) is 9.59 Å². The summed E-state index contributed by atoms with van der Waals surface area (Å²) in [4.78, 5) is 29.5. The first-order valence-corrected chi connectivity index (χ1v) is 9.82. The standard InChI is InChI=1S/C19H27N3O2S/c1-5-14(4)20-17(23)12-25-19-21-16-9-7-6-8-15(16)18(24)22(19)11-10-13(2)3/h6-9,13-14H,5,10-12H2,1-4H3,(H,20,23)/t14-/m1/s1. The fraction of sp³-hybridized carbons (Fsp3) is 0.526. The number of aromatic nitrogens is 2. The first-order valence-electron chi connectivity index (χ1n) is 8.84. The molecule has 136 valence electrons. The fourth-order valence-electron chi connectivity index (χ4n) is 2.39. The van der Waals surface area contributed by atoms with Crippen LogP contribution in [0.3, 0.4) is 0 Å². The molecule has 1 aromatic carbocycles. The molecule has 25 heavy (non-hydrogen) atoms. The van der Waals surface area contributed by atoms with E-state index in [1.54, 1.807) is 10.6 Å². The third-order valence-corrected chi connectivity index (χ3v) is 5.09. The van der Waals surface area contributed by atoms with E-state index in [2.05, 4.69) is 24.1 Å². The maximum atomic E-state index is 12.8. The van der Waals surface area contributed by atoms with E-state index in [0.29, 0.717) is 28.5 Å². The molecule has 6 heteroatoms. The van der Waals surface area contributed by atoms with Gasteiger partial charge >= 0.3 is 0 Å². The van der Waals surface area contributed by atoms with E-state index < -0.39 is 0 Å². The summed E-state index contributed by atoms with van der Waals surface area (Å²) in [6, 6.07) is 7.52. The van der Waals surface area contributed by atoms with Crippen LogP contribution in [-0.2, 0) is 11.3 Å². The third-order valence-electron chi connectivity index (χ3n) is 4.11. The van der Waals surface area contributed by atoms with Crippen molar-refractivity contribution in [2.75, 3.05) is 5.75 Å². The molecule has 2 aromatic rings. The molecule has 2 rings (SSSR count). The molecule has 0 bridgehead atoms. The van der Waals surface area contributed by atoms with E-state index in [1.165, 1.54) is 11.8 Å². The normalized spacial score (nSPS) is 12.5. The minimum Gasteiger partial charge on any atom is -0.353 e. The third kappa shape index (κ3) is 5.33. The van der Waals surface area contributed by atoms with Crippen molar-refractivity contribution < 1.29 is 4.79 Å². The topological polar surface area (TPSA) is 64.0 Å². The maximum Gasteiger partial charge on any atom is 0.262 e. The van der Waals surface area contributed by atoms with E-state index in [0.717, 1.165) is 12.8 Å². The lowest BCUT2D eigenvalue weighted by Crippen LogP contribution is -2.33. The molecular weight excluding hydrogens is 334 g/mol. The van der Waals surface area contributed by atoms with Gasteiger partial charge in [-0.05, 0) is 37.8 Å². The Kier molecular flexibility index (Phi) is 7.05. The van der Waals surface area contributed by atoms with Gasteiger partial charge in [0.15, 0.2) is 5.16 Å². The van der Waals surface area contributed by atoms with Gasteiger partial charge in [-0.3, -0.25) is 14.2 Å². The lowest BCUT2D eigenvalue weighted by molar-refractivity contribution is -0.119. The van der Waals surface area contributed by atoms with Crippen LogP contribution in [0.2, 0.25) is 0 Å². The highest BCUT2D eigenvalue weighted by molar-refractivity contribution is 7.99. The summed E-state index contributed by atoms with van der Waals surface area (Å²) < 4.78 is 1.71. The number of fused-ring (bicyclic) bond motifs is 1.